The van der Waals surface area contributed by atoms with Gasteiger partial charge in [0.1, 0.15) is 10.8 Å². The van der Waals surface area contributed by atoms with E-state index in [1.807, 2.05) is 12.1 Å². The van der Waals surface area contributed by atoms with Gasteiger partial charge >= 0.3 is 0 Å². The first kappa shape index (κ1) is 20.4. The maximum absolute atomic E-state index is 15.1. The van der Waals surface area contributed by atoms with Gasteiger partial charge in [0.2, 0.25) is 0 Å². The molecule has 0 spiro atoms. The lowest BCUT2D eigenvalue weighted by atomic mass is 9.88. The Morgan fingerprint density at radius 3 is 2.68 bits per heavy atom. The number of halogens is 1. The Labute approximate surface area is 184 Å². The Morgan fingerprint density at radius 2 is 1.90 bits per heavy atom. The second-order valence-electron chi connectivity index (χ2n) is 7.96. The molecule has 1 atom stereocenters. The van der Waals surface area contributed by atoms with Crippen LogP contribution in [0.5, 0.6) is 0 Å². The second-order valence-corrected chi connectivity index (χ2v) is 9.06. The van der Waals surface area contributed by atoms with Crippen LogP contribution in [0.1, 0.15) is 51.0 Å². The lowest BCUT2D eigenvalue weighted by molar-refractivity contribution is 0.0233. The summed E-state index contributed by atoms with van der Waals surface area (Å²) in [6.07, 6.45) is 5.69. The number of thiophene rings is 1. The number of carbonyl (C=O) groups is 1. The van der Waals surface area contributed by atoms with Crippen molar-refractivity contribution in [1.29, 1.82) is 0 Å². The van der Waals surface area contributed by atoms with Crippen LogP contribution in [0.2, 0.25) is 0 Å². The Balaban J connectivity index is 1.63. The van der Waals surface area contributed by atoms with Gasteiger partial charge in [-0.3, -0.25) is 9.69 Å². The fraction of sp³-hybridized carbons (Fsp3) is 0.375. The van der Waals surface area contributed by atoms with Crippen molar-refractivity contribution in [3.05, 3.63) is 75.8 Å². The number of ether oxygens (including phenoxy) is 1. The molecule has 3 aromatic rings. The van der Waals surface area contributed by atoms with Crippen LogP contribution in [0.4, 0.5) is 9.39 Å². The first-order chi connectivity index (χ1) is 15.2. The maximum Gasteiger partial charge on any atom is 0.291 e. The zero-order chi connectivity index (χ0) is 21.2. The van der Waals surface area contributed by atoms with Gasteiger partial charge in [0, 0.05) is 29.1 Å². The summed E-state index contributed by atoms with van der Waals surface area (Å²) in [7, 11) is 0. The largest absolute Gasteiger partial charge is 0.459 e. The van der Waals surface area contributed by atoms with Gasteiger partial charge in [-0.15, -0.1) is 11.3 Å². The van der Waals surface area contributed by atoms with Gasteiger partial charge in [0.25, 0.3) is 5.91 Å². The van der Waals surface area contributed by atoms with Crippen molar-refractivity contribution < 1.29 is 18.3 Å². The van der Waals surface area contributed by atoms with Gasteiger partial charge in [0.05, 0.1) is 25.5 Å². The fourth-order valence-electron chi connectivity index (χ4n) is 4.61. The second kappa shape index (κ2) is 8.94. The van der Waals surface area contributed by atoms with Crippen molar-refractivity contribution in [3.8, 4) is 0 Å². The third-order valence-electron chi connectivity index (χ3n) is 6.07. The first-order valence-corrected chi connectivity index (χ1v) is 11.6. The molecular weight excluding hydrogens is 415 g/mol. The summed E-state index contributed by atoms with van der Waals surface area (Å²) in [6.45, 7) is 2.67. The van der Waals surface area contributed by atoms with E-state index in [4.69, 9.17) is 9.15 Å². The van der Waals surface area contributed by atoms with Crippen LogP contribution < -0.4 is 5.32 Å². The quantitative estimate of drug-likeness (QED) is 0.604. The van der Waals surface area contributed by atoms with Crippen LogP contribution in [-0.2, 0) is 17.6 Å². The lowest BCUT2D eigenvalue weighted by Crippen LogP contribution is -2.40. The predicted octanol–water partition coefficient (Wildman–Crippen LogP) is 5.03. The Hall–Kier alpha value is -2.48. The zero-order valence-corrected chi connectivity index (χ0v) is 18.1. The fourth-order valence-corrected chi connectivity index (χ4v) is 5.93. The molecule has 1 fully saturated rings. The Morgan fingerprint density at radius 1 is 1.10 bits per heavy atom. The van der Waals surface area contributed by atoms with E-state index in [1.165, 1.54) is 22.8 Å². The average molecular weight is 441 g/mol. The van der Waals surface area contributed by atoms with E-state index in [1.54, 1.807) is 29.5 Å². The number of hydrogen-bond acceptors (Lipinski definition) is 5. The summed E-state index contributed by atoms with van der Waals surface area (Å²) < 4.78 is 25.9. The molecule has 1 aliphatic heterocycles. The maximum atomic E-state index is 15.1. The van der Waals surface area contributed by atoms with Crippen LogP contribution in [-0.4, -0.2) is 37.1 Å². The summed E-state index contributed by atoms with van der Waals surface area (Å²) in [4.78, 5) is 16.4. The summed E-state index contributed by atoms with van der Waals surface area (Å²) in [5.74, 6) is -0.233. The molecule has 5 rings (SSSR count). The number of nitrogens with zero attached hydrogens (tertiary/aromatic N) is 1. The van der Waals surface area contributed by atoms with Crippen molar-refractivity contribution in [3.63, 3.8) is 0 Å². The number of hydrogen-bond donors (Lipinski definition) is 1. The number of furan rings is 1. The van der Waals surface area contributed by atoms with E-state index in [2.05, 4.69) is 10.2 Å². The van der Waals surface area contributed by atoms with E-state index < -0.39 is 0 Å². The Kier molecular flexibility index (Phi) is 5.89. The predicted molar refractivity (Wildman–Crippen MR) is 118 cm³/mol. The molecule has 0 bridgehead atoms. The number of amides is 1. The third kappa shape index (κ3) is 4.05. The molecular formula is C24H25FN2O3S. The smallest absolute Gasteiger partial charge is 0.291 e. The topological polar surface area (TPSA) is 54.7 Å². The molecule has 0 unspecified atom stereocenters. The van der Waals surface area contributed by atoms with Crippen LogP contribution in [0.25, 0.3) is 0 Å². The highest BCUT2D eigenvalue weighted by molar-refractivity contribution is 7.16. The van der Waals surface area contributed by atoms with Crippen LogP contribution in [0, 0.1) is 5.82 Å². The molecule has 31 heavy (non-hydrogen) atoms. The van der Waals surface area contributed by atoms with Gasteiger partial charge in [-0.1, -0.05) is 18.2 Å². The number of nitrogens with one attached hydrogen (secondary N) is 1. The molecule has 1 aromatic carbocycles. The van der Waals surface area contributed by atoms with E-state index in [0.717, 1.165) is 49.3 Å². The molecule has 1 saturated heterocycles. The van der Waals surface area contributed by atoms with Crippen molar-refractivity contribution in [2.45, 2.75) is 31.7 Å². The highest BCUT2D eigenvalue weighted by Gasteiger charge is 2.34. The minimum absolute atomic E-state index is 0.224. The number of rotatable bonds is 5. The van der Waals surface area contributed by atoms with Gasteiger partial charge in [-0.05, 0) is 49.4 Å². The molecule has 0 saturated carbocycles. The number of benzene rings is 1. The third-order valence-corrected chi connectivity index (χ3v) is 7.29. The van der Waals surface area contributed by atoms with E-state index in [9.17, 15) is 4.79 Å². The Bertz CT molecular complexity index is 1060. The molecule has 0 radical (unpaired) electrons. The first-order valence-electron chi connectivity index (χ1n) is 10.8. The molecule has 1 aliphatic carbocycles. The summed E-state index contributed by atoms with van der Waals surface area (Å²) in [6, 6.07) is 10.1. The standard InChI is InChI=1S/C24H25FN2O3S/c25-18-8-3-1-6-16(18)22(27-11-14-29-15-12-27)21-17-7-2-4-10-20(17)31-24(21)26-23(28)19-9-5-13-30-19/h1,3,5-6,8-9,13,22H,2,4,7,10-12,14-15H2,(H,26,28)/t22-/m0/s1. The molecule has 1 amide bonds. The number of anilines is 1. The highest BCUT2D eigenvalue weighted by Crippen LogP contribution is 2.46. The molecule has 2 aromatic heterocycles. The summed E-state index contributed by atoms with van der Waals surface area (Å²) in [5.41, 5.74) is 2.95. The van der Waals surface area contributed by atoms with Gasteiger partial charge in [-0.2, -0.15) is 0 Å². The van der Waals surface area contributed by atoms with E-state index >= 15 is 4.39 Å². The molecule has 7 heteroatoms. The van der Waals surface area contributed by atoms with Crippen molar-refractivity contribution in [2.75, 3.05) is 31.6 Å². The monoisotopic (exact) mass is 440 g/mol. The van der Waals surface area contributed by atoms with Gasteiger partial charge in [-0.25, -0.2) is 4.39 Å². The molecule has 1 N–H and O–H groups in total. The van der Waals surface area contributed by atoms with Crippen LogP contribution >= 0.6 is 11.3 Å². The number of morpholine rings is 1. The van der Waals surface area contributed by atoms with Crippen molar-refractivity contribution in [1.82, 2.24) is 4.90 Å². The summed E-state index contributed by atoms with van der Waals surface area (Å²) >= 11 is 1.63. The SMILES string of the molecule is O=C(Nc1sc2c(c1[C@H](c1ccccc1F)N1CCOCC1)CCCC2)c1ccco1. The summed E-state index contributed by atoms with van der Waals surface area (Å²) in [5, 5.41) is 3.88. The minimum atomic E-state index is -0.279. The van der Waals surface area contributed by atoms with Crippen LogP contribution in [0.15, 0.2) is 47.1 Å². The molecule has 3 heterocycles. The van der Waals surface area contributed by atoms with Gasteiger partial charge < -0.3 is 14.5 Å². The van der Waals surface area contributed by atoms with Crippen molar-refractivity contribution >= 4 is 22.2 Å². The van der Waals surface area contributed by atoms with Gasteiger partial charge in [0.15, 0.2) is 5.76 Å². The molecule has 162 valence electrons. The van der Waals surface area contributed by atoms with E-state index in [0.29, 0.717) is 18.8 Å². The normalized spacial score (nSPS) is 17.8. The lowest BCUT2D eigenvalue weighted by Gasteiger charge is -2.36. The zero-order valence-electron chi connectivity index (χ0n) is 17.2. The molecule has 2 aliphatic rings. The van der Waals surface area contributed by atoms with Crippen LogP contribution in [0.3, 0.4) is 0 Å². The number of fused-ring (bicyclic) bond motifs is 1. The number of carbonyl (C=O) groups excluding carboxylic acids is 1. The minimum Gasteiger partial charge on any atom is -0.459 e. The molecule has 5 nitrogen and oxygen atoms in total. The average Bonchev–Trinajstić information content (AvgIpc) is 3.45. The highest BCUT2D eigenvalue weighted by atomic mass is 32.1. The number of aryl methyl sites for hydroxylation is 1. The van der Waals surface area contributed by atoms with E-state index in [-0.39, 0.29) is 23.5 Å². The van der Waals surface area contributed by atoms with Crippen molar-refractivity contribution in [2.24, 2.45) is 0 Å².